The average molecular weight is 1590 g/mol. The van der Waals surface area contributed by atoms with Crippen LogP contribution in [0.4, 0.5) is 25.0 Å². The number of para-hydroxylation sites is 1. The number of amides is 9. The van der Waals surface area contributed by atoms with Gasteiger partial charge in [-0.3, -0.25) is 43.2 Å². The van der Waals surface area contributed by atoms with Gasteiger partial charge in [-0.05, 0) is 129 Å². The molecule has 0 aromatic heterocycles. The van der Waals surface area contributed by atoms with Gasteiger partial charge in [-0.1, -0.05) is 82.4 Å². The molecule has 3 aromatic rings. The Morgan fingerprint density at radius 1 is 0.732 bits per heavy atom. The van der Waals surface area contributed by atoms with E-state index in [9.17, 15) is 61.8 Å². The SMILES string of the molecule is CCCC1O[C@@H]2C[C@H]3[C@@H]4C[C@H](F)C5=CC(=O)C=C[C@]5(C)[C@@]4(F)[C@@H](O)C[C@]3(C)[C@]2(C(=O)COc2ccc(NC(=O)[C@H](CCCNC(N)=O)NC(=O)[C@@H](NC(=O)[C@@H](CCC(=O)NCCS(=O)O)NC(=O)CCOCCOCCOCCOCCNC(=O)CCC(=O)N3Cc4ccccc4C#Cc4ccccc43)C(C)C)cc2)O1.O. The van der Waals surface area contributed by atoms with Gasteiger partial charge in [-0.25, -0.2) is 17.8 Å². The minimum Gasteiger partial charge on any atom is -0.486 e. The number of rotatable bonds is 42. The number of allylic oxidation sites excluding steroid dienone is 4. The number of carbonyl (C=O) groups excluding carboxylic acids is 10. The standard InChI is InChI=1S/C79H103F2N9O20S.H2O/c1-6-12-70-109-65-45-56-57-44-59(80)58-43-54(91)28-30-76(58,4)78(57,81)63(92)46-77(56,5)79(65,110-70)64(93)48-108-55-22-20-53(21-23-55)86-72(98)60(16-11-31-85-75(82)101)88-74(100)71(49(2)3)89-73(99)61(24-25-66(94)84-33-42-111(102)103)87-68(96)29-34-104-36-38-106-40-41-107-39-37-105-35-32-83-67(95)26-27-69(97)90-47-52-15-8-7-13-50(52)18-19-51-14-9-10-17-62(51)90;/h7-10,13-15,17,20-23,28,30,43,49,56-57,59-61,63,65,70-71,92H,6,11-12,16,24-27,29,31-42,44-48H2,1-5H3,(H,83,95)(H,84,94)(H,86,98)(H,87,96)(H,88,100)(H,89,99)(H,102,103)(H3,82,85,101);1H2/t56-,57-,59-,60-,61+,63-,65+,70?,71-,76-,77-,78-,79+;/m0./s1. The van der Waals surface area contributed by atoms with E-state index in [0.29, 0.717) is 25.1 Å². The van der Waals surface area contributed by atoms with Crippen molar-refractivity contribution in [2.75, 3.05) is 95.1 Å². The van der Waals surface area contributed by atoms with E-state index in [0.717, 1.165) is 22.8 Å². The van der Waals surface area contributed by atoms with E-state index in [4.69, 9.17) is 38.9 Å². The number of anilines is 2. The molecule has 612 valence electrons. The maximum atomic E-state index is 18.1. The summed E-state index contributed by atoms with van der Waals surface area (Å²) in [5.41, 5.74) is 1.65. The van der Waals surface area contributed by atoms with Crippen molar-refractivity contribution in [1.29, 1.82) is 0 Å². The molecular formula is C79H105F2N9O21S. The number of benzene rings is 3. The molecule has 2 heterocycles. The third-order valence-electron chi connectivity index (χ3n) is 21.5. The second kappa shape index (κ2) is 41.2. The number of aliphatic hydroxyl groups is 1. The van der Waals surface area contributed by atoms with E-state index in [2.05, 4.69) is 49.1 Å². The van der Waals surface area contributed by atoms with Crippen LogP contribution in [-0.4, -0.2) is 217 Å². The highest BCUT2D eigenvalue weighted by Crippen LogP contribution is 2.72. The second-order valence-corrected chi connectivity index (χ2v) is 30.3. The highest BCUT2D eigenvalue weighted by molar-refractivity contribution is 7.79. The number of halogens is 2. The molecule has 0 radical (unpaired) electrons. The van der Waals surface area contributed by atoms with E-state index in [1.54, 1.807) is 25.7 Å². The van der Waals surface area contributed by atoms with Crippen LogP contribution in [0.3, 0.4) is 0 Å². The first kappa shape index (κ1) is 88.6. The summed E-state index contributed by atoms with van der Waals surface area (Å²) in [5.74, 6) is -1.23. The molecule has 14 atom stereocenters. The molecule has 4 fully saturated rings. The molecule has 0 spiro atoms. The number of fused-ring (bicyclic) bond motifs is 9. The Bertz CT molecular complexity index is 3990. The van der Waals surface area contributed by atoms with Crippen molar-refractivity contribution in [3.05, 3.63) is 113 Å². The van der Waals surface area contributed by atoms with Gasteiger partial charge in [0.15, 0.2) is 34.4 Å². The highest BCUT2D eigenvalue weighted by atomic mass is 32.2. The number of nitrogens with zero attached hydrogens (tertiary/aromatic N) is 1. The zero-order chi connectivity index (χ0) is 80.0. The van der Waals surface area contributed by atoms with Gasteiger partial charge in [0.05, 0.1) is 83.0 Å². The molecule has 30 nitrogen and oxygen atoms in total. The third-order valence-corrected chi connectivity index (χ3v) is 22.1. The Morgan fingerprint density at radius 2 is 1.38 bits per heavy atom. The minimum absolute atomic E-state index is 0. The van der Waals surface area contributed by atoms with Crippen LogP contribution in [0.5, 0.6) is 5.75 Å². The summed E-state index contributed by atoms with van der Waals surface area (Å²) >= 11 is -2.20. The minimum atomic E-state index is -2.40. The van der Waals surface area contributed by atoms with E-state index in [1.165, 1.54) is 43.3 Å². The average Bonchev–Trinajstić information content (AvgIpc) is 1.45. The van der Waals surface area contributed by atoms with Crippen molar-refractivity contribution in [3.63, 3.8) is 0 Å². The molecule has 13 N–H and O–H groups in total. The summed E-state index contributed by atoms with van der Waals surface area (Å²) in [6.07, 6.45) is -1.52. The summed E-state index contributed by atoms with van der Waals surface area (Å²) in [6.45, 7) is 9.66. The van der Waals surface area contributed by atoms with Crippen molar-refractivity contribution in [2.24, 2.45) is 34.3 Å². The Hall–Kier alpha value is -8.95. The van der Waals surface area contributed by atoms with Gasteiger partial charge in [-0.15, -0.1) is 0 Å². The first-order valence-corrected chi connectivity index (χ1v) is 39.1. The fourth-order valence-corrected chi connectivity index (χ4v) is 16.1. The quantitative estimate of drug-likeness (QED) is 0.0218. The summed E-state index contributed by atoms with van der Waals surface area (Å²) in [6, 6.07) is 16.2. The zero-order valence-corrected chi connectivity index (χ0v) is 64.6. The number of nitrogens with one attached hydrogen (secondary N) is 7. The summed E-state index contributed by atoms with van der Waals surface area (Å²) in [4.78, 5) is 136. The van der Waals surface area contributed by atoms with Crippen LogP contribution in [-0.2, 0) is 89.2 Å². The summed E-state index contributed by atoms with van der Waals surface area (Å²) in [5, 5.41) is 30.5. The molecule has 1 saturated heterocycles. The molecule has 0 bridgehead atoms. The third kappa shape index (κ3) is 21.9. The molecule has 4 aliphatic carbocycles. The smallest absolute Gasteiger partial charge is 0.312 e. The fourth-order valence-electron chi connectivity index (χ4n) is 15.9. The molecule has 2 aliphatic heterocycles. The predicted molar refractivity (Wildman–Crippen MR) is 406 cm³/mol. The van der Waals surface area contributed by atoms with Gasteiger partial charge in [0.1, 0.15) is 36.7 Å². The van der Waals surface area contributed by atoms with E-state index in [1.807, 2.05) is 55.5 Å². The maximum Gasteiger partial charge on any atom is 0.312 e. The van der Waals surface area contributed by atoms with Crippen molar-refractivity contribution >= 4 is 81.4 Å². The van der Waals surface area contributed by atoms with Crippen LogP contribution in [0.2, 0.25) is 0 Å². The van der Waals surface area contributed by atoms with Crippen LogP contribution in [0, 0.1) is 40.4 Å². The molecule has 112 heavy (non-hydrogen) atoms. The number of urea groups is 1. The Balaban J connectivity index is 0.0000157. The lowest BCUT2D eigenvalue weighted by Gasteiger charge is -2.63. The van der Waals surface area contributed by atoms with Crippen LogP contribution >= 0.6 is 0 Å². The highest BCUT2D eigenvalue weighted by Gasteiger charge is 2.80. The topological polar surface area (TPSA) is 438 Å². The van der Waals surface area contributed by atoms with Crippen LogP contribution in [0.1, 0.15) is 128 Å². The van der Waals surface area contributed by atoms with Gasteiger partial charge in [0.25, 0.3) is 0 Å². The van der Waals surface area contributed by atoms with Gasteiger partial charge in [-0.2, -0.15) is 0 Å². The lowest BCUT2D eigenvalue weighted by atomic mass is 9.44. The lowest BCUT2D eigenvalue weighted by Crippen LogP contribution is -2.71. The van der Waals surface area contributed by atoms with Gasteiger partial charge in [0.2, 0.25) is 47.1 Å². The predicted octanol–water partition coefficient (Wildman–Crippen LogP) is 3.93. The molecule has 9 amide bonds. The van der Waals surface area contributed by atoms with Crippen molar-refractivity contribution in [3.8, 4) is 17.6 Å². The largest absolute Gasteiger partial charge is 0.486 e. The maximum absolute atomic E-state index is 18.1. The number of Topliss-reactive ketones (excluding diaryl/α,β-unsaturated/α-hetero) is 1. The number of ether oxygens (including phenoxy) is 7. The number of hydrogen-bond donors (Lipinski definition) is 10. The van der Waals surface area contributed by atoms with Crippen molar-refractivity contribution in [2.45, 2.75) is 172 Å². The van der Waals surface area contributed by atoms with Gasteiger partial charge in [0, 0.05) is 78.9 Å². The Kier molecular flexibility index (Phi) is 32.6. The van der Waals surface area contributed by atoms with E-state index in [-0.39, 0.29) is 177 Å². The summed E-state index contributed by atoms with van der Waals surface area (Å²) < 4.78 is 96.3. The van der Waals surface area contributed by atoms with Gasteiger partial charge >= 0.3 is 6.03 Å². The Labute approximate surface area is 652 Å². The number of aliphatic hydroxyl groups excluding tert-OH is 1. The molecular weight excluding hydrogens is 1480 g/mol. The zero-order valence-electron chi connectivity index (χ0n) is 63.8. The molecule has 3 saturated carbocycles. The van der Waals surface area contributed by atoms with Crippen LogP contribution in [0.25, 0.3) is 0 Å². The fraction of sp³-hybridized carbons (Fsp3) is 0.570. The van der Waals surface area contributed by atoms with Gasteiger partial charge < -0.3 is 96.1 Å². The number of ketones is 2. The molecule has 33 heteroatoms. The molecule has 3 aromatic carbocycles. The first-order chi connectivity index (χ1) is 53.1. The number of nitrogens with two attached hydrogens (primary N) is 1. The number of hydrogen-bond acceptors (Lipinski definition) is 19. The van der Waals surface area contributed by atoms with E-state index >= 15 is 8.78 Å². The monoisotopic (exact) mass is 1590 g/mol. The number of alkyl halides is 2. The van der Waals surface area contributed by atoms with Crippen molar-refractivity contribution < 1.29 is 109 Å². The van der Waals surface area contributed by atoms with Crippen LogP contribution < -0.4 is 52.6 Å². The summed E-state index contributed by atoms with van der Waals surface area (Å²) in [7, 11) is 0. The number of carbonyl (C=O) groups is 10. The lowest BCUT2D eigenvalue weighted by molar-refractivity contribution is -0.234. The molecule has 2 unspecified atom stereocenters. The molecule has 9 rings (SSSR count). The molecule has 6 aliphatic rings. The number of primary amides is 1. The normalized spacial score (nSPS) is 24.7. The van der Waals surface area contributed by atoms with Crippen molar-refractivity contribution in [1.82, 2.24) is 31.9 Å². The first-order valence-electron chi connectivity index (χ1n) is 37.8. The van der Waals surface area contributed by atoms with Crippen LogP contribution in [0.15, 0.2) is 96.6 Å². The Morgan fingerprint density at radius 3 is 2.06 bits per heavy atom. The van der Waals surface area contributed by atoms with E-state index < -0.39 is 147 Å². The second-order valence-electron chi connectivity index (χ2n) is 29.2.